The van der Waals surface area contributed by atoms with Gasteiger partial charge in [-0.2, -0.15) is 10.5 Å². The Morgan fingerprint density at radius 1 is 0.903 bits per heavy atom. The van der Waals surface area contributed by atoms with Gasteiger partial charge in [0.2, 0.25) is 0 Å². The standard InChI is InChI=1S/C15H21N.C11H12FN.C2H6/c1-4-7-13-8-10-14(11-9-13)15(5-2,6-3)12-16;1-8(2)5-9-3-4-11(12)10(6-9)7-13;1-2/h8-11H,4-7H2,1-3H3;3-4,6,8H,5H2,1-2H3;1-2H3. The lowest BCUT2D eigenvalue weighted by Crippen LogP contribution is -2.21. The second-order valence-corrected chi connectivity index (χ2v) is 7.87. The summed E-state index contributed by atoms with van der Waals surface area (Å²) in [5, 5.41) is 17.9. The van der Waals surface area contributed by atoms with Crippen molar-refractivity contribution in [2.75, 3.05) is 0 Å². The number of hydrogen-bond donors (Lipinski definition) is 0. The molecule has 0 saturated carbocycles. The fourth-order valence-electron chi connectivity index (χ4n) is 3.42. The monoisotopic (exact) mass is 422 g/mol. The van der Waals surface area contributed by atoms with Crippen molar-refractivity contribution in [1.29, 1.82) is 10.5 Å². The highest BCUT2D eigenvalue weighted by atomic mass is 19.1. The normalized spacial score (nSPS) is 10.2. The molecule has 0 aliphatic rings. The molecule has 0 amide bonds. The Kier molecular flexibility index (Phi) is 13.9. The predicted octanol–water partition coefficient (Wildman–Crippen LogP) is 8.14. The van der Waals surface area contributed by atoms with E-state index in [9.17, 15) is 9.65 Å². The van der Waals surface area contributed by atoms with Gasteiger partial charge < -0.3 is 0 Å². The number of benzene rings is 2. The molecule has 0 fully saturated rings. The number of hydrogen-bond acceptors (Lipinski definition) is 2. The van der Waals surface area contributed by atoms with Gasteiger partial charge in [0.15, 0.2) is 0 Å². The molecule has 0 bridgehead atoms. The van der Waals surface area contributed by atoms with E-state index in [2.05, 4.69) is 65.0 Å². The summed E-state index contributed by atoms with van der Waals surface area (Å²) in [7, 11) is 0. The van der Waals surface area contributed by atoms with E-state index in [0.717, 1.165) is 31.2 Å². The average Bonchev–Trinajstić information content (AvgIpc) is 2.79. The Morgan fingerprint density at radius 2 is 1.45 bits per heavy atom. The van der Waals surface area contributed by atoms with Crippen LogP contribution < -0.4 is 0 Å². The zero-order valence-corrected chi connectivity index (χ0v) is 20.4. The highest BCUT2D eigenvalue weighted by molar-refractivity contribution is 5.35. The van der Waals surface area contributed by atoms with Crippen molar-refractivity contribution in [2.45, 2.75) is 86.0 Å². The lowest BCUT2D eigenvalue weighted by atomic mass is 9.77. The van der Waals surface area contributed by atoms with E-state index < -0.39 is 5.82 Å². The van der Waals surface area contributed by atoms with Crippen LogP contribution in [0, 0.1) is 34.4 Å². The zero-order chi connectivity index (χ0) is 23.9. The molecule has 0 aliphatic carbocycles. The van der Waals surface area contributed by atoms with Crippen LogP contribution in [0.2, 0.25) is 0 Å². The molecule has 0 unspecified atom stereocenters. The third kappa shape index (κ3) is 8.94. The molecule has 2 aromatic rings. The number of nitrogens with zero attached hydrogens (tertiary/aromatic N) is 2. The first-order chi connectivity index (χ1) is 14.8. The summed E-state index contributed by atoms with van der Waals surface area (Å²) >= 11 is 0. The van der Waals surface area contributed by atoms with E-state index >= 15 is 0 Å². The van der Waals surface area contributed by atoms with E-state index in [0.29, 0.717) is 5.92 Å². The fraction of sp³-hybridized carbons (Fsp3) is 0.500. The van der Waals surface area contributed by atoms with Crippen molar-refractivity contribution in [3.05, 3.63) is 70.5 Å². The molecule has 0 radical (unpaired) electrons. The Morgan fingerprint density at radius 3 is 1.87 bits per heavy atom. The summed E-state index contributed by atoms with van der Waals surface area (Å²) in [5.41, 5.74) is 3.40. The van der Waals surface area contributed by atoms with Crippen molar-refractivity contribution < 1.29 is 4.39 Å². The van der Waals surface area contributed by atoms with Crippen LogP contribution in [0.25, 0.3) is 0 Å². The first kappa shape index (κ1) is 28.4. The first-order valence-corrected chi connectivity index (χ1v) is 11.5. The second-order valence-electron chi connectivity index (χ2n) is 7.87. The Bertz CT molecular complexity index is 835. The lowest BCUT2D eigenvalue weighted by Gasteiger charge is -2.24. The van der Waals surface area contributed by atoms with Crippen LogP contribution in [-0.2, 0) is 18.3 Å². The number of halogens is 1. The van der Waals surface area contributed by atoms with Crippen molar-refractivity contribution >= 4 is 0 Å². The molecule has 168 valence electrons. The summed E-state index contributed by atoms with van der Waals surface area (Å²) in [4.78, 5) is 0. The smallest absolute Gasteiger partial charge is 0.140 e. The highest BCUT2D eigenvalue weighted by Gasteiger charge is 2.27. The third-order valence-corrected chi connectivity index (χ3v) is 5.26. The van der Waals surface area contributed by atoms with Crippen LogP contribution in [0.5, 0.6) is 0 Å². The maximum atomic E-state index is 12.9. The minimum Gasteiger partial charge on any atom is -0.206 e. The molecule has 0 atom stereocenters. The molecule has 2 rings (SSSR count). The third-order valence-electron chi connectivity index (χ3n) is 5.26. The summed E-state index contributed by atoms with van der Waals surface area (Å²) < 4.78 is 12.9. The summed E-state index contributed by atoms with van der Waals surface area (Å²) in [6, 6.07) is 17.6. The molecular formula is C28H39FN2. The van der Waals surface area contributed by atoms with Crippen LogP contribution in [0.4, 0.5) is 4.39 Å². The van der Waals surface area contributed by atoms with Gasteiger partial charge in [0.25, 0.3) is 0 Å². The van der Waals surface area contributed by atoms with Gasteiger partial charge in [-0.15, -0.1) is 0 Å². The van der Waals surface area contributed by atoms with E-state index in [1.165, 1.54) is 23.6 Å². The molecule has 0 N–H and O–H groups in total. The topological polar surface area (TPSA) is 47.6 Å². The van der Waals surface area contributed by atoms with Gasteiger partial charge in [-0.25, -0.2) is 4.39 Å². The maximum absolute atomic E-state index is 12.9. The fourth-order valence-corrected chi connectivity index (χ4v) is 3.42. The van der Waals surface area contributed by atoms with Crippen LogP contribution in [0.15, 0.2) is 42.5 Å². The molecule has 0 spiro atoms. The van der Waals surface area contributed by atoms with Crippen LogP contribution in [-0.4, -0.2) is 0 Å². The van der Waals surface area contributed by atoms with Crippen molar-refractivity contribution in [3.63, 3.8) is 0 Å². The molecule has 2 aromatic carbocycles. The van der Waals surface area contributed by atoms with Crippen molar-refractivity contribution in [3.8, 4) is 12.1 Å². The molecule has 0 aliphatic heterocycles. The summed E-state index contributed by atoms with van der Waals surface area (Å²) in [6.07, 6.45) is 4.94. The predicted molar refractivity (Wildman–Crippen MR) is 129 cm³/mol. The van der Waals surface area contributed by atoms with Gasteiger partial charge in [-0.3, -0.25) is 0 Å². The van der Waals surface area contributed by atoms with Crippen LogP contribution in [0.3, 0.4) is 0 Å². The molecule has 2 nitrogen and oxygen atoms in total. The van der Waals surface area contributed by atoms with E-state index in [1.54, 1.807) is 12.1 Å². The number of aryl methyl sites for hydroxylation is 1. The van der Waals surface area contributed by atoms with Gasteiger partial charge in [0, 0.05) is 0 Å². The van der Waals surface area contributed by atoms with E-state index in [4.69, 9.17) is 5.26 Å². The average molecular weight is 423 g/mol. The zero-order valence-electron chi connectivity index (χ0n) is 20.4. The molecule has 3 heteroatoms. The van der Waals surface area contributed by atoms with Crippen molar-refractivity contribution in [2.24, 2.45) is 5.92 Å². The van der Waals surface area contributed by atoms with Gasteiger partial charge in [-0.05, 0) is 60.4 Å². The minimum atomic E-state index is -0.435. The minimum absolute atomic E-state index is 0.137. The number of nitriles is 2. The van der Waals surface area contributed by atoms with E-state index in [-0.39, 0.29) is 11.0 Å². The van der Waals surface area contributed by atoms with E-state index in [1.807, 2.05) is 19.9 Å². The molecule has 0 heterocycles. The summed E-state index contributed by atoms with van der Waals surface area (Å²) in [5.74, 6) is 0.0898. The quantitative estimate of drug-likeness (QED) is 0.452. The first-order valence-electron chi connectivity index (χ1n) is 11.5. The van der Waals surface area contributed by atoms with Gasteiger partial charge in [0.1, 0.15) is 11.9 Å². The summed E-state index contributed by atoms with van der Waals surface area (Å²) in [6.45, 7) is 14.6. The SMILES string of the molecule is CC.CC(C)Cc1ccc(F)c(C#N)c1.CCCc1ccc(C(C#N)(CC)CC)cc1. The largest absolute Gasteiger partial charge is 0.206 e. The van der Waals surface area contributed by atoms with Gasteiger partial charge >= 0.3 is 0 Å². The molecular weight excluding hydrogens is 383 g/mol. The maximum Gasteiger partial charge on any atom is 0.140 e. The van der Waals surface area contributed by atoms with Crippen LogP contribution >= 0.6 is 0 Å². The lowest BCUT2D eigenvalue weighted by molar-refractivity contribution is 0.511. The van der Waals surface area contributed by atoms with Gasteiger partial charge in [0.05, 0.1) is 17.0 Å². The Balaban J connectivity index is 0.000000547. The van der Waals surface area contributed by atoms with Gasteiger partial charge in [-0.1, -0.05) is 85.2 Å². The number of rotatable bonds is 7. The molecule has 0 saturated heterocycles. The highest BCUT2D eigenvalue weighted by Crippen LogP contribution is 2.31. The second kappa shape index (κ2) is 15.2. The van der Waals surface area contributed by atoms with Crippen LogP contribution in [0.1, 0.15) is 90.0 Å². The Hall–Kier alpha value is -2.65. The molecule has 31 heavy (non-hydrogen) atoms. The molecule has 0 aromatic heterocycles. The Labute approximate surface area is 189 Å². The van der Waals surface area contributed by atoms with Crippen molar-refractivity contribution in [1.82, 2.24) is 0 Å².